The smallest absolute Gasteiger partial charge is 0.306 e. The summed E-state index contributed by atoms with van der Waals surface area (Å²) in [6.07, 6.45) is 65.2. The number of rotatable bonds is 51. The minimum absolute atomic E-state index is 0.0793. The second-order valence-corrected chi connectivity index (χ2v) is 18.8. The van der Waals surface area contributed by atoms with Gasteiger partial charge in [-0.2, -0.15) is 0 Å². The number of unbranched alkanes of at least 4 members (excludes halogenated alkanes) is 32. The molecule has 378 valence electrons. The Bertz CT molecular complexity index is 1140. The van der Waals surface area contributed by atoms with Gasteiger partial charge in [0, 0.05) is 19.3 Å². The third kappa shape index (κ3) is 52.2. The summed E-state index contributed by atoms with van der Waals surface area (Å²) in [6.45, 7) is 6.61. The van der Waals surface area contributed by atoms with Crippen molar-refractivity contribution in [2.75, 3.05) is 13.2 Å². The quantitative estimate of drug-likeness (QED) is 0.0262. The molecule has 65 heavy (non-hydrogen) atoms. The summed E-state index contributed by atoms with van der Waals surface area (Å²) in [5.74, 6) is -0.894. The van der Waals surface area contributed by atoms with E-state index >= 15 is 0 Å². The molecule has 0 unspecified atom stereocenters. The lowest BCUT2D eigenvalue weighted by molar-refractivity contribution is -0.167. The fraction of sp³-hybridized carbons (Fsp3) is 0.814. The van der Waals surface area contributed by atoms with E-state index in [0.29, 0.717) is 19.3 Å². The molecule has 6 nitrogen and oxygen atoms in total. The van der Waals surface area contributed by atoms with Gasteiger partial charge >= 0.3 is 17.9 Å². The van der Waals surface area contributed by atoms with Crippen molar-refractivity contribution in [3.05, 3.63) is 48.6 Å². The van der Waals surface area contributed by atoms with Crippen LogP contribution in [0, 0.1) is 0 Å². The zero-order chi connectivity index (χ0) is 47.2. The average Bonchev–Trinajstić information content (AvgIpc) is 3.30. The molecular weight excluding hydrogens is 805 g/mol. The molecule has 0 aromatic heterocycles. The average molecular weight is 911 g/mol. The first-order valence-electron chi connectivity index (χ1n) is 28.1. The molecule has 0 fully saturated rings. The molecule has 1 atom stereocenters. The highest BCUT2D eigenvalue weighted by molar-refractivity contribution is 5.71. The van der Waals surface area contributed by atoms with Crippen LogP contribution in [-0.4, -0.2) is 37.2 Å². The number of hydrogen-bond donors (Lipinski definition) is 0. The summed E-state index contributed by atoms with van der Waals surface area (Å²) >= 11 is 0. The van der Waals surface area contributed by atoms with Crippen molar-refractivity contribution in [2.24, 2.45) is 0 Å². The van der Waals surface area contributed by atoms with Crippen molar-refractivity contribution in [2.45, 2.75) is 297 Å². The Morgan fingerprint density at radius 3 is 0.908 bits per heavy atom. The molecule has 0 aliphatic rings. The van der Waals surface area contributed by atoms with Gasteiger partial charge in [-0.25, -0.2) is 0 Å². The molecule has 0 N–H and O–H groups in total. The largest absolute Gasteiger partial charge is 0.462 e. The molecule has 0 radical (unpaired) electrons. The summed E-state index contributed by atoms with van der Waals surface area (Å²) in [4.78, 5) is 38.1. The van der Waals surface area contributed by atoms with Crippen LogP contribution in [0.3, 0.4) is 0 Å². The third-order valence-electron chi connectivity index (χ3n) is 12.3. The number of allylic oxidation sites excluding steroid dienone is 8. The van der Waals surface area contributed by atoms with Gasteiger partial charge in [-0.3, -0.25) is 14.4 Å². The van der Waals surface area contributed by atoms with Gasteiger partial charge in [0.05, 0.1) is 0 Å². The van der Waals surface area contributed by atoms with Crippen LogP contribution in [-0.2, 0) is 28.6 Å². The normalized spacial score (nSPS) is 12.4. The van der Waals surface area contributed by atoms with Crippen molar-refractivity contribution < 1.29 is 28.6 Å². The fourth-order valence-corrected chi connectivity index (χ4v) is 8.03. The maximum Gasteiger partial charge on any atom is 0.306 e. The molecule has 6 heteroatoms. The van der Waals surface area contributed by atoms with Gasteiger partial charge in [0.15, 0.2) is 6.10 Å². The molecule has 0 spiro atoms. The Kier molecular flexibility index (Phi) is 51.8. The summed E-state index contributed by atoms with van der Waals surface area (Å²) in [6, 6.07) is 0. The topological polar surface area (TPSA) is 78.9 Å². The van der Waals surface area contributed by atoms with Crippen LogP contribution in [0.25, 0.3) is 0 Å². The van der Waals surface area contributed by atoms with Crippen LogP contribution < -0.4 is 0 Å². The minimum atomic E-state index is -0.782. The Morgan fingerprint density at radius 1 is 0.308 bits per heavy atom. The number of esters is 3. The highest BCUT2D eigenvalue weighted by atomic mass is 16.6. The highest BCUT2D eigenvalue weighted by Crippen LogP contribution is 2.15. The molecule has 0 bridgehead atoms. The van der Waals surface area contributed by atoms with Crippen molar-refractivity contribution in [3.63, 3.8) is 0 Å². The number of hydrogen-bond acceptors (Lipinski definition) is 6. The van der Waals surface area contributed by atoms with E-state index in [4.69, 9.17) is 14.2 Å². The lowest BCUT2D eigenvalue weighted by Gasteiger charge is -2.18. The van der Waals surface area contributed by atoms with Gasteiger partial charge in [-0.05, 0) is 83.5 Å². The second kappa shape index (κ2) is 54.0. The predicted molar refractivity (Wildman–Crippen MR) is 279 cm³/mol. The Balaban J connectivity index is 4.40. The first-order valence-corrected chi connectivity index (χ1v) is 28.1. The monoisotopic (exact) mass is 911 g/mol. The van der Waals surface area contributed by atoms with Crippen molar-refractivity contribution in [3.8, 4) is 0 Å². The molecule has 0 aliphatic carbocycles. The third-order valence-corrected chi connectivity index (χ3v) is 12.3. The maximum absolute atomic E-state index is 12.8. The molecule has 0 saturated carbocycles. The fourth-order valence-electron chi connectivity index (χ4n) is 8.03. The molecule has 0 amide bonds. The Labute approximate surface area is 403 Å². The SMILES string of the molecule is CCCCC/C=C/C/C=C/C/C=C/CCCCCCC(=O)OC[C@@H](COC(=O)CCCCCCCCCCCCCCC)OC(=O)CCCCCCCCC/C=C/CCCCCCCC. The summed E-state index contributed by atoms with van der Waals surface area (Å²) in [5.41, 5.74) is 0. The summed E-state index contributed by atoms with van der Waals surface area (Å²) in [5, 5.41) is 0. The van der Waals surface area contributed by atoms with Crippen LogP contribution in [0.15, 0.2) is 48.6 Å². The van der Waals surface area contributed by atoms with Crippen LogP contribution in [0.5, 0.6) is 0 Å². The highest BCUT2D eigenvalue weighted by Gasteiger charge is 2.19. The maximum atomic E-state index is 12.8. The molecule has 0 rings (SSSR count). The van der Waals surface area contributed by atoms with Gasteiger partial charge in [0.1, 0.15) is 13.2 Å². The van der Waals surface area contributed by atoms with Crippen molar-refractivity contribution in [1.29, 1.82) is 0 Å². The van der Waals surface area contributed by atoms with Crippen LogP contribution in [0.4, 0.5) is 0 Å². The van der Waals surface area contributed by atoms with E-state index in [1.807, 2.05) is 0 Å². The van der Waals surface area contributed by atoms with E-state index in [0.717, 1.165) is 83.5 Å². The van der Waals surface area contributed by atoms with Gasteiger partial charge in [-0.1, -0.05) is 236 Å². The van der Waals surface area contributed by atoms with E-state index in [9.17, 15) is 14.4 Å². The van der Waals surface area contributed by atoms with Gasteiger partial charge in [0.2, 0.25) is 0 Å². The molecular formula is C59H106O6. The van der Waals surface area contributed by atoms with Crippen LogP contribution in [0.1, 0.15) is 290 Å². The molecule has 0 saturated heterocycles. The van der Waals surface area contributed by atoms with Crippen molar-refractivity contribution in [1.82, 2.24) is 0 Å². The van der Waals surface area contributed by atoms with E-state index in [2.05, 4.69) is 69.4 Å². The molecule has 0 heterocycles. The van der Waals surface area contributed by atoms with E-state index in [-0.39, 0.29) is 31.1 Å². The molecule has 0 aromatic carbocycles. The van der Waals surface area contributed by atoms with Crippen LogP contribution in [0.2, 0.25) is 0 Å². The van der Waals surface area contributed by atoms with Crippen molar-refractivity contribution >= 4 is 17.9 Å². The first kappa shape index (κ1) is 62.4. The second-order valence-electron chi connectivity index (χ2n) is 18.8. The van der Waals surface area contributed by atoms with E-state index in [1.165, 1.54) is 167 Å². The number of carbonyl (C=O) groups excluding carboxylic acids is 3. The lowest BCUT2D eigenvalue weighted by atomic mass is 10.0. The lowest BCUT2D eigenvalue weighted by Crippen LogP contribution is -2.30. The van der Waals surface area contributed by atoms with Gasteiger partial charge in [0.25, 0.3) is 0 Å². The Hall–Kier alpha value is -2.63. The van der Waals surface area contributed by atoms with Crippen LogP contribution >= 0.6 is 0 Å². The molecule has 0 aliphatic heterocycles. The van der Waals surface area contributed by atoms with E-state index in [1.54, 1.807) is 0 Å². The van der Waals surface area contributed by atoms with E-state index < -0.39 is 6.10 Å². The number of ether oxygens (including phenoxy) is 3. The predicted octanol–water partition coefficient (Wildman–Crippen LogP) is 18.7. The minimum Gasteiger partial charge on any atom is -0.462 e. The zero-order valence-electron chi connectivity index (χ0n) is 43.3. The standard InChI is InChI=1S/C59H106O6/c1-4-7-10-13-16-19-22-25-27-29-31-34-37-40-43-46-49-52-58(61)64-55-56(54-63-57(60)51-48-45-42-39-36-33-24-21-18-15-12-9-6-3)65-59(62)53-50-47-44-41-38-35-32-30-28-26-23-20-17-14-11-8-5-2/h16,19,25-28,31,34,56H,4-15,17-18,20-24,29-30,32-33,35-55H2,1-3H3/b19-16+,27-25+,28-26+,34-31+/t56-/m1/s1. The number of carbonyl (C=O) groups is 3. The zero-order valence-corrected chi connectivity index (χ0v) is 43.3. The molecule has 0 aromatic rings. The van der Waals surface area contributed by atoms with Gasteiger partial charge < -0.3 is 14.2 Å². The summed E-state index contributed by atoms with van der Waals surface area (Å²) < 4.78 is 16.8. The van der Waals surface area contributed by atoms with Gasteiger partial charge in [-0.15, -0.1) is 0 Å². The first-order chi connectivity index (χ1) is 32.0. The Morgan fingerprint density at radius 2 is 0.554 bits per heavy atom. The summed E-state index contributed by atoms with van der Waals surface area (Å²) in [7, 11) is 0.